The molecule has 0 fully saturated rings. The first-order valence-electron chi connectivity index (χ1n) is 12.4. The van der Waals surface area contributed by atoms with E-state index in [1.165, 1.54) is 10.6 Å². The molecule has 2 aromatic carbocycles. The minimum atomic E-state index is -3.52. The molecule has 2 aromatic rings. The molecule has 0 saturated heterocycles. The molecule has 0 aromatic heterocycles. The Balaban J connectivity index is 2.25. The number of nitrogens with zero attached hydrogens (tertiary/aromatic N) is 2. The second-order valence-corrected chi connectivity index (χ2v) is 12.3. The fourth-order valence-electron chi connectivity index (χ4n) is 4.13. The van der Waals surface area contributed by atoms with Crippen LogP contribution < -0.4 is 9.62 Å². The van der Waals surface area contributed by atoms with Crippen LogP contribution in [0.15, 0.2) is 48.5 Å². The third-order valence-electron chi connectivity index (χ3n) is 5.93. The second-order valence-electron chi connectivity index (χ2n) is 10.4. The van der Waals surface area contributed by atoms with E-state index in [0.717, 1.165) is 16.7 Å². The quantitative estimate of drug-likeness (QED) is 0.475. The summed E-state index contributed by atoms with van der Waals surface area (Å²) in [4.78, 5) is 28.3. The van der Waals surface area contributed by atoms with Gasteiger partial charge in [0.25, 0.3) is 0 Å². The molecule has 0 heterocycles. The summed E-state index contributed by atoms with van der Waals surface area (Å²) in [6.45, 7) is 12.0. The van der Waals surface area contributed by atoms with Gasteiger partial charge in [0.05, 0.1) is 11.9 Å². The number of carbonyl (C=O) groups excluding carboxylic acids is 2. The summed E-state index contributed by atoms with van der Waals surface area (Å²) in [6, 6.07) is 14.5. The molecule has 198 valence electrons. The largest absolute Gasteiger partial charge is 0.350 e. The Labute approximate surface area is 216 Å². The van der Waals surface area contributed by atoms with Crippen molar-refractivity contribution in [3.63, 3.8) is 0 Å². The van der Waals surface area contributed by atoms with E-state index in [1.807, 2.05) is 84.0 Å². The molecule has 7 nitrogen and oxygen atoms in total. The van der Waals surface area contributed by atoms with Crippen molar-refractivity contribution >= 4 is 27.5 Å². The normalized spacial score (nSPS) is 12.6. The highest BCUT2D eigenvalue weighted by atomic mass is 32.2. The van der Waals surface area contributed by atoms with Gasteiger partial charge in [-0.3, -0.25) is 13.9 Å². The van der Waals surface area contributed by atoms with Gasteiger partial charge in [-0.1, -0.05) is 43.3 Å². The average molecular weight is 516 g/mol. The molecule has 0 radical (unpaired) electrons. The van der Waals surface area contributed by atoms with Crippen LogP contribution in [-0.4, -0.2) is 49.5 Å². The SMILES string of the molecule is CC[C@H](C(=O)NC(C)(C)C)N(Cc1ccccc1C)C(=O)CCCN(c1cccc(C)c1)S(C)(=O)=O. The molecule has 0 aliphatic heterocycles. The van der Waals surface area contributed by atoms with Crippen LogP contribution in [0.2, 0.25) is 0 Å². The molecular weight excluding hydrogens is 474 g/mol. The van der Waals surface area contributed by atoms with Crippen molar-refractivity contribution in [3.8, 4) is 0 Å². The van der Waals surface area contributed by atoms with Crippen molar-refractivity contribution in [1.82, 2.24) is 10.2 Å². The number of benzene rings is 2. The number of nitrogens with one attached hydrogen (secondary N) is 1. The van der Waals surface area contributed by atoms with Gasteiger partial charge in [0.1, 0.15) is 6.04 Å². The lowest BCUT2D eigenvalue weighted by atomic mass is 10.0. The van der Waals surface area contributed by atoms with Crippen molar-refractivity contribution in [1.29, 1.82) is 0 Å². The monoisotopic (exact) mass is 515 g/mol. The van der Waals surface area contributed by atoms with E-state index in [2.05, 4.69) is 5.32 Å². The Morgan fingerprint density at radius 3 is 2.25 bits per heavy atom. The van der Waals surface area contributed by atoms with Crippen LogP contribution in [0.3, 0.4) is 0 Å². The zero-order valence-electron chi connectivity index (χ0n) is 22.7. The fraction of sp³-hybridized carbons (Fsp3) is 0.500. The summed E-state index contributed by atoms with van der Waals surface area (Å²) < 4.78 is 26.3. The maximum absolute atomic E-state index is 13.5. The van der Waals surface area contributed by atoms with E-state index in [4.69, 9.17) is 0 Å². The summed E-state index contributed by atoms with van der Waals surface area (Å²) in [5.41, 5.74) is 3.13. The first-order valence-corrected chi connectivity index (χ1v) is 14.3. The Hall–Kier alpha value is -2.87. The summed E-state index contributed by atoms with van der Waals surface area (Å²) in [5.74, 6) is -0.365. The first kappa shape index (κ1) is 29.4. The molecule has 0 saturated carbocycles. The van der Waals surface area contributed by atoms with Gasteiger partial charge >= 0.3 is 0 Å². The molecule has 36 heavy (non-hydrogen) atoms. The molecule has 8 heteroatoms. The van der Waals surface area contributed by atoms with E-state index in [1.54, 1.807) is 11.0 Å². The van der Waals surface area contributed by atoms with E-state index in [0.29, 0.717) is 25.1 Å². The molecule has 2 rings (SSSR count). The highest BCUT2D eigenvalue weighted by Gasteiger charge is 2.31. The maximum Gasteiger partial charge on any atom is 0.243 e. The summed E-state index contributed by atoms with van der Waals surface area (Å²) in [6.07, 6.45) is 2.11. The van der Waals surface area contributed by atoms with Crippen LogP contribution in [0.1, 0.15) is 63.6 Å². The Morgan fingerprint density at radius 2 is 1.69 bits per heavy atom. The number of hydrogen-bond donors (Lipinski definition) is 1. The predicted molar refractivity (Wildman–Crippen MR) is 146 cm³/mol. The molecule has 0 aliphatic carbocycles. The zero-order chi connectivity index (χ0) is 27.1. The molecule has 0 spiro atoms. The zero-order valence-corrected chi connectivity index (χ0v) is 23.5. The Kier molecular flexibility index (Phi) is 10.1. The topological polar surface area (TPSA) is 86.8 Å². The number of anilines is 1. The average Bonchev–Trinajstić information content (AvgIpc) is 2.75. The number of carbonyl (C=O) groups is 2. The van der Waals surface area contributed by atoms with Gasteiger partial charge < -0.3 is 10.2 Å². The number of hydrogen-bond acceptors (Lipinski definition) is 4. The summed E-state index contributed by atoms with van der Waals surface area (Å²) in [5, 5.41) is 3.01. The molecule has 0 aliphatic rings. The lowest BCUT2D eigenvalue weighted by Gasteiger charge is -2.33. The number of amides is 2. The van der Waals surface area contributed by atoms with Gasteiger partial charge in [-0.2, -0.15) is 0 Å². The first-order chi connectivity index (χ1) is 16.7. The van der Waals surface area contributed by atoms with Crippen LogP contribution in [-0.2, 0) is 26.2 Å². The maximum atomic E-state index is 13.5. The Bertz CT molecular complexity index is 1160. The van der Waals surface area contributed by atoms with E-state index < -0.39 is 21.6 Å². The van der Waals surface area contributed by atoms with Gasteiger partial charge in [-0.25, -0.2) is 8.42 Å². The van der Waals surface area contributed by atoms with Crippen molar-refractivity contribution in [2.75, 3.05) is 17.1 Å². The molecule has 0 bridgehead atoms. The van der Waals surface area contributed by atoms with Crippen LogP contribution in [0, 0.1) is 13.8 Å². The van der Waals surface area contributed by atoms with Crippen molar-refractivity contribution in [3.05, 3.63) is 65.2 Å². The van der Waals surface area contributed by atoms with Gasteiger partial charge in [-0.15, -0.1) is 0 Å². The minimum absolute atomic E-state index is 0.128. The second kappa shape index (κ2) is 12.4. The number of sulfonamides is 1. The predicted octanol–water partition coefficient (Wildman–Crippen LogP) is 4.57. The van der Waals surface area contributed by atoms with E-state index in [9.17, 15) is 18.0 Å². The molecule has 1 N–H and O–H groups in total. The van der Waals surface area contributed by atoms with Crippen molar-refractivity contribution in [2.24, 2.45) is 0 Å². The van der Waals surface area contributed by atoms with Gasteiger partial charge in [-0.05, 0) is 76.3 Å². The lowest BCUT2D eigenvalue weighted by Crippen LogP contribution is -2.53. The van der Waals surface area contributed by atoms with Crippen molar-refractivity contribution in [2.45, 2.75) is 78.9 Å². The highest BCUT2D eigenvalue weighted by molar-refractivity contribution is 7.92. The third kappa shape index (κ3) is 8.66. The third-order valence-corrected chi connectivity index (χ3v) is 7.12. The molecule has 1 atom stereocenters. The Morgan fingerprint density at radius 1 is 1.03 bits per heavy atom. The lowest BCUT2D eigenvalue weighted by molar-refractivity contribution is -0.142. The summed E-state index contributed by atoms with van der Waals surface area (Å²) >= 11 is 0. The minimum Gasteiger partial charge on any atom is -0.350 e. The van der Waals surface area contributed by atoms with Crippen LogP contribution >= 0.6 is 0 Å². The molecule has 0 unspecified atom stereocenters. The smallest absolute Gasteiger partial charge is 0.243 e. The van der Waals surface area contributed by atoms with Gasteiger partial charge in [0.15, 0.2) is 0 Å². The number of aryl methyl sites for hydroxylation is 2. The van der Waals surface area contributed by atoms with Crippen LogP contribution in [0.25, 0.3) is 0 Å². The van der Waals surface area contributed by atoms with E-state index >= 15 is 0 Å². The van der Waals surface area contributed by atoms with Crippen molar-refractivity contribution < 1.29 is 18.0 Å². The van der Waals surface area contributed by atoms with Crippen LogP contribution in [0.4, 0.5) is 5.69 Å². The summed E-state index contributed by atoms with van der Waals surface area (Å²) in [7, 11) is -3.52. The molecule has 2 amide bonds. The van der Waals surface area contributed by atoms with Crippen LogP contribution in [0.5, 0.6) is 0 Å². The number of rotatable bonds is 11. The highest BCUT2D eigenvalue weighted by Crippen LogP contribution is 2.21. The van der Waals surface area contributed by atoms with Gasteiger partial charge in [0.2, 0.25) is 21.8 Å². The standard InChI is InChI=1S/C28H41N3O4S/c1-8-25(27(33)29-28(4,5)6)30(20-23-15-10-9-14-22(23)3)26(32)17-12-18-31(36(7,34)35)24-16-11-13-21(2)19-24/h9-11,13-16,19,25H,8,12,17-18,20H2,1-7H3,(H,29,33)/t25-/m1/s1. The van der Waals surface area contributed by atoms with E-state index in [-0.39, 0.29) is 24.8 Å². The van der Waals surface area contributed by atoms with Gasteiger partial charge in [0, 0.05) is 25.0 Å². The molecular formula is C28H41N3O4S. The fourth-order valence-corrected chi connectivity index (χ4v) is 5.09.